The van der Waals surface area contributed by atoms with Crippen molar-refractivity contribution in [3.63, 3.8) is 0 Å². The van der Waals surface area contributed by atoms with Crippen LogP contribution in [0, 0.1) is 5.92 Å². The molecule has 1 aromatic rings. The molecule has 2 N–H and O–H groups in total. The molecule has 0 radical (unpaired) electrons. The Morgan fingerprint density at radius 2 is 2.05 bits per heavy atom. The van der Waals surface area contributed by atoms with E-state index in [0.717, 1.165) is 24.6 Å². The summed E-state index contributed by atoms with van der Waals surface area (Å²) in [5, 5.41) is 6.69. The first-order valence-electron chi connectivity index (χ1n) is 7.74. The third-order valence-electron chi connectivity index (χ3n) is 3.49. The molecular formula is C16H28N4O. The lowest BCUT2D eigenvalue weighted by atomic mass is 10.0. The fraction of sp³-hybridized carbons (Fsp3) is 0.625. The van der Waals surface area contributed by atoms with Crippen molar-refractivity contribution in [2.24, 2.45) is 10.9 Å². The molecule has 0 fully saturated rings. The van der Waals surface area contributed by atoms with Gasteiger partial charge >= 0.3 is 0 Å². The average molecular weight is 292 g/mol. The summed E-state index contributed by atoms with van der Waals surface area (Å²) in [5.74, 6) is 2.17. The second-order valence-electron chi connectivity index (χ2n) is 4.97. The van der Waals surface area contributed by atoms with E-state index in [-0.39, 0.29) is 0 Å². The molecule has 5 heteroatoms. The lowest BCUT2D eigenvalue weighted by Crippen LogP contribution is -2.39. The molecule has 0 saturated carbocycles. The van der Waals surface area contributed by atoms with Crippen LogP contribution in [-0.4, -0.2) is 31.1 Å². The van der Waals surface area contributed by atoms with Crippen LogP contribution in [0.25, 0.3) is 0 Å². The van der Waals surface area contributed by atoms with E-state index in [1.807, 2.05) is 12.1 Å². The normalized spacial score (nSPS) is 11.6. The molecular weight excluding hydrogens is 264 g/mol. The summed E-state index contributed by atoms with van der Waals surface area (Å²) in [4.78, 5) is 8.71. The number of methoxy groups -OCH3 is 1. The molecule has 0 spiro atoms. The Morgan fingerprint density at radius 1 is 1.29 bits per heavy atom. The summed E-state index contributed by atoms with van der Waals surface area (Å²) in [6.07, 6.45) is 4.11. The summed E-state index contributed by atoms with van der Waals surface area (Å²) in [5.41, 5.74) is 1.08. The van der Waals surface area contributed by atoms with E-state index < -0.39 is 0 Å². The van der Waals surface area contributed by atoms with E-state index in [1.54, 1.807) is 13.3 Å². The van der Waals surface area contributed by atoms with E-state index in [1.165, 1.54) is 12.8 Å². The molecule has 0 bridgehead atoms. The van der Waals surface area contributed by atoms with Crippen LogP contribution in [0.4, 0.5) is 0 Å². The van der Waals surface area contributed by atoms with E-state index in [2.05, 4.69) is 41.4 Å². The molecule has 0 unspecified atom stereocenters. The maximum atomic E-state index is 5.13. The molecule has 21 heavy (non-hydrogen) atoms. The zero-order chi connectivity index (χ0) is 15.5. The van der Waals surface area contributed by atoms with Gasteiger partial charge in [0.2, 0.25) is 5.88 Å². The zero-order valence-electron chi connectivity index (χ0n) is 13.6. The van der Waals surface area contributed by atoms with Crippen molar-refractivity contribution in [1.29, 1.82) is 0 Å². The molecule has 0 aliphatic rings. The molecule has 1 rings (SSSR count). The Bertz CT molecular complexity index is 430. The summed E-state index contributed by atoms with van der Waals surface area (Å²) in [6, 6.07) is 3.87. The number of nitrogens with zero attached hydrogens (tertiary/aromatic N) is 2. The van der Waals surface area contributed by atoms with Crippen molar-refractivity contribution < 1.29 is 4.74 Å². The van der Waals surface area contributed by atoms with Gasteiger partial charge in [-0.3, -0.25) is 0 Å². The first-order valence-corrected chi connectivity index (χ1v) is 7.74. The maximum Gasteiger partial charge on any atom is 0.213 e. The fourth-order valence-electron chi connectivity index (χ4n) is 1.99. The van der Waals surface area contributed by atoms with Crippen molar-refractivity contribution >= 4 is 5.96 Å². The predicted molar refractivity (Wildman–Crippen MR) is 87.7 cm³/mol. The number of aliphatic imine (C=N–C) groups is 1. The third kappa shape index (κ3) is 6.47. The molecule has 0 aromatic carbocycles. The van der Waals surface area contributed by atoms with Crippen molar-refractivity contribution in [2.75, 3.05) is 20.2 Å². The van der Waals surface area contributed by atoms with Gasteiger partial charge in [-0.15, -0.1) is 0 Å². The monoisotopic (exact) mass is 292 g/mol. The predicted octanol–water partition coefficient (Wildman–Crippen LogP) is 2.58. The van der Waals surface area contributed by atoms with Gasteiger partial charge in [-0.05, 0) is 24.5 Å². The average Bonchev–Trinajstić information content (AvgIpc) is 2.53. The molecule has 0 aliphatic heterocycles. The maximum absolute atomic E-state index is 5.13. The van der Waals surface area contributed by atoms with E-state index >= 15 is 0 Å². The SMILES string of the molecule is CCNC(=NCc1ccnc(OC)c1)NCC(CC)CC. The van der Waals surface area contributed by atoms with E-state index in [4.69, 9.17) is 4.74 Å². The Hall–Kier alpha value is -1.78. The molecule has 1 heterocycles. The van der Waals surface area contributed by atoms with Crippen LogP contribution in [0.2, 0.25) is 0 Å². The molecule has 0 saturated heterocycles. The van der Waals surface area contributed by atoms with Gasteiger partial charge in [-0.25, -0.2) is 9.98 Å². The van der Waals surface area contributed by atoms with Gasteiger partial charge in [0.25, 0.3) is 0 Å². The van der Waals surface area contributed by atoms with Crippen LogP contribution in [0.5, 0.6) is 5.88 Å². The van der Waals surface area contributed by atoms with Gasteiger partial charge in [0, 0.05) is 25.4 Å². The van der Waals surface area contributed by atoms with Crippen LogP contribution in [0.15, 0.2) is 23.3 Å². The smallest absolute Gasteiger partial charge is 0.213 e. The van der Waals surface area contributed by atoms with Gasteiger partial charge < -0.3 is 15.4 Å². The Balaban J connectivity index is 2.61. The highest BCUT2D eigenvalue weighted by Gasteiger charge is 2.05. The number of nitrogens with one attached hydrogen (secondary N) is 2. The minimum Gasteiger partial charge on any atom is -0.481 e. The number of rotatable bonds is 8. The lowest BCUT2D eigenvalue weighted by Gasteiger charge is -2.16. The van der Waals surface area contributed by atoms with Crippen molar-refractivity contribution in [3.05, 3.63) is 23.9 Å². The first kappa shape index (κ1) is 17.3. The minimum atomic E-state index is 0.608. The molecule has 5 nitrogen and oxygen atoms in total. The quantitative estimate of drug-likeness (QED) is 0.571. The standard InChI is InChI=1S/C16H28N4O/c1-5-13(6-2)11-19-16(17-7-3)20-12-14-8-9-18-15(10-14)21-4/h8-10,13H,5-7,11-12H2,1-4H3,(H2,17,19,20). The number of ether oxygens (including phenoxy) is 1. The highest BCUT2D eigenvalue weighted by molar-refractivity contribution is 5.79. The van der Waals surface area contributed by atoms with Crippen LogP contribution < -0.4 is 15.4 Å². The molecule has 0 atom stereocenters. The van der Waals surface area contributed by atoms with Crippen LogP contribution in [0.1, 0.15) is 39.2 Å². The van der Waals surface area contributed by atoms with E-state index in [0.29, 0.717) is 18.3 Å². The molecule has 1 aromatic heterocycles. The number of hydrogen-bond donors (Lipinski definition) is 2. The molecule has 118 valence electrons. The van der Waals surface area contributed by atoms with Crippen LogP contribution in [-0.2, 0) is 6.54 Å². The van der Waals surface area contributed by atoms with Crippen LogP contribution in [0.3, 0.4) is 0 Å². The van der Waals surface area contributed by atoms with Gasteiger partial charge in [0.15, 0.2) is 5.96 Å². The topological polar surface area (TPSA) is 58.5 Å². The van der Waals surface area contributed by atoms with Crippen LogP contribution >= 0.6 is 0 Å². The number of guanidine groups is 1. The largest absolute Gasteiger partial charge is 0.481 e. The first-order chi connectivity index (χ1) is 10.2. The van der Waals surface area contributed by atoms with Crippen molar-refractivity contribution in [3.8, 4) is 5.88 Å². The second kappa shape index (κ2) is 10.0. The number of aromatic nitrogens is 1. The summed E-state index contributed by atoms with van der Waals surface area (Å²) in [6.45, 7) is 8.94. The summed E-state index contributed by atoms with van der Waals surface area (Å²) < 4.78 is 5.13. The highest BCUT2D eigenvalue weighted by atomic mass is 16.5. The summed E-state index contributed by atoms with van der Waals surface area (Å²) >= 11 is 0. The third-order valence-corrected chi connectivity index (χ3v) is 3.49. The van der Waals surface area contributed by atoms with Crippen molar-refractivity contribution in [1.82, 2.24) is 15.6 Å². The van der Waals surface area contributed by atoms with Gasteiger partial charge in [-0.2, -0.15) is 0 Å². The second-order valence-corrected chi connectivity index (χ2v) is 4.97. The van der Waals surface area contributed by atoms with Gasteiger partial charge in [0.1, 0.15) is 0 Å². The fourth-order valence-corrected chi connectivity index (χ4v) is 1.99. The Morgan fingerprint density at radius 3 is 2.67 bits per heavy atom. The minimum absolute atomic E-state index is 0.608. The highest BCUT2D eigenvalue weighted by Crippen LogP contribution is 2.09. The van der Waals surface area contributed by atoms with E-state index in [9.17, 15) is 0 Å². The van der Waals surface area contributed by atoms with Crippen molar-refractivity contribution in [2.45, 2.75) is 40.2 Å². The lowest BCUT2D eigenvalue weighted by molar-refractivity contribution is 0.397. The Kier molecular flexibility index (Phi) is 8.24. The van der Waals surface area contributed by atoms with Gasteiger partial charge in [-0.1, -0.05) is 26.7 Å². The molecule has 0 amide bonds. The zero-order valence-corrected chi connectivity index (χ0v) is 13.6. The number of hydrogen-bond acceptors (Lipinski definition) is 3. The molecule has 0 aliphatic carbocycles. The number of pyridine rings is 1. The summed E-state index contributed by atoms with van der Waals surface area (Å²) in [7, 11) is 1.62. The van der Waals surface area contributed by atoms with Gasteiger partial charge in [0.05, 0.1) is 13.7 Å². The Labute approximate surface area is 128 Å².